The van der Waals surface area contributed by atoms with E-state index in [1.54, 1.807) is 0 Å². The molecule has 2 N–H and O–H groups in total. The van der Waals surface area contributed by atoms with Crippen LogP contribution in [-0.2, 0) is 4.79 Å². The Morgan fingerprint density at radius 1 is 0.878 bits per heavy atom. The summed E-state index contributed by atoms with van der Waals surface area (Å²) in [5.74, 6) is 0.930. The van der Waals surface area contributed by atoms with Crippen molar-refractivity contribution in [3.8, 4) is 11.3 Å². The molecule has 1 aromatic heterocycles. The van der Waals surface area contributed by atoms with Gasteiger partial charge in [-0.2, -0.15) is 0 Å². The molecule has 5 nitrogen and oxygen atoms in total. The van der Waals surface area contributed by atoms with Gasteiger partial charge in [0.1, 0.15) is 0 Å². The second kappa shape index (κ2) is 10.3. The average Bonchev–Trinajstić information content (AvgIpc) is 3.47. The van der Waals surface area contributed by atoms with Gasteiger partial charge < -0.3 is 10.6 Å². The van der Waals surface area contributed by atoms with Gasteiger partial charge in [-0.25, -0.2) is 4.98 Å². The number of benzene rings is 3. The van der Waals surface area contributed by atoms with Crippen LogP contribution in [0.15, 0.2) is 78.2 Å². The predicted octanol–water partition coefficient (Wildman–Crippen LogP) is 7.74. The Morgan fingerprint density at radius 3 is 2.22 bits per heavy atom. The van der Waals surface area contributed by atoms with Crippen molar-refractivity contribution in [1.82, 2.24) is 10.3 Å². The number of carbonyl (C=O) groups excluding carboxylic acids is 2. The molecule has 1 unspecified atom stereocenters. The van der Waals surface area contributed by atoms with Gasteiger partial charge in [0.15, 0.2) is 5.13 Å². The number of nitrogens with zero attached hydrogens (tertiary/aromatic N) is 1. The van der Waals surface area contributed by atoms with E-state index in [0.29, 0.717) is 10.7 Å². The first kappa shape index (κ1) is 26.1. The molecule has 0 aliphatic heterocycles. The number of amides is 2. The van der Waals surface area contributed by atoms with E-state index in [4.69, 9.17) is 4.98 Å². The normalized spacial score (nSPS) is 26.1. The van der Waals surface area contributed by atoms with E-state index in [-0.39, 0.29) is 29.7 Å². The van der Waals surface area contributed by atoms with Crippen molar-refractivity contribution in [3.63, 3.8) is 0 Å². The molecule has 3 aromatic carbocycles. The van der Waals surface area contributed by atoms with Crippen molar-refractivity contribution in [1.29, 1.82) is 0 Å². The Hall–Kier alpha value is -3.77. The van der Waals surface area contributed by atoms with Gasteiger partial charge in [0.05, 0.1) is 11.1 Å². The van der Waals surface area contributed by atoms with Crippen LogP contribution in [0.1, 0.15) is 90.4 Å². The maximum Gasteiger partial charge on any atom is 0.251 e. The third-order valence-electron chi connectivity index (χ3n) is 9.65. The van der Waals surface area contributed by atoms with E-state index >= 15 is 0 Å². The highest BCUT2D eigenvalue weighted by Gasteiger charge is 2.54. The zero-order valence-corrected chi connectivity index (χ0v) is 24.3. The van der Waals surface area contributed by atoms with E-state index in [9.17, 15) is 9.59 Å². The summed E-state index contributed by atoms with van der Waals surface area (Å²) in [5.41, 5.74) is 6.90. The van der Waals surface area contributed by atoms with Crippen molar-refractivity contribution >= 4 is 28.3 Å². The molecule has 1 saturated carbocycles. The molecule has 0 radical (unpaired) electrons. The molecule has 1 heterocycles. The Labute approximate surface area is 245 Å². The summed E-state index contributed by atoms with van der Waals surface area (Å²) in [7, 11) is 0. The molecule has 2 amide bonds. The highest BCUT2D eigenvalue weighted by molar-refractivity contribution is 7.14. The SMILES string of the molecule is CC1CCC(NC(=O)c2cccc(-c3csc(NC(=O)C4(C)CC5c6ccccc6C4c4ccccc45)n3)c2)CC1. The number of anilines is 1. The fraction of sp³-hybridized carbons (Fsp3) is 0.343. The Kier molecular flexibility index (Phi) is 6.54. The first-order valence-corrected chi connectivity index (χ1v) is 15.6. The lowest BCUT2D eigenvalue weighted by molar-refractivity contribution is -0.126. The standard InChI is InChI=1S/C35H35N3O2S/c1-21-14-16-24(17-15-21)36-32(39)23-9-7-8-22(18-23)30-20-41-34(37-30)38-33(40)35(2)19-29-25-10-3-5-12-27(25)31(35)28-13-6-4-11-26(28)29/h3-13,18,20-21,24,29,31H,14-17,19H2,1-2H3,(H,36,39)(H,37,38,40). The number of carbonyl (C=O) groups is 2. The van der Waals surface area contributed by atoms with Gasteiger partial charge in [-0.05, 0) is 79.3 Å². The smallest absolute Gasteiger partial charge is 0.251 e. The summed E-state index contributed by atoms with van der Waals surface area (Å²) in [4.78, 5) is 31.8. The van der Waals surface area contributed by atoms with Crippen LogP contribution in [-0.4, -0.2) is 22.8 Å². The summed E-state index contributed by atoms with van der Waals surface area (Å²) in [6.07, 6.45) is 5.18. The molecule has 1 atom stereocenters. The Bertz CT molecular complexity index is 1590. The molecule has 6 heteroatoms. The van der Waals surface area contributed by atoms with Crippen LogP contribution >= 0.6 is 11.3 Å². The van der Waals surface area contributed by atoms with Crippen LogP contribution in [0, 0.1) is 11.3 Å². The largest absolute Gasteiger partial charge is 0.349 e. The molecule has 4 aliphatic rings. The monoisotopic (exact) mass is 561 g/mol. The van der Waals surface area contributed by atoms with E-state index in [1.165, 1.54) is 33.6 Å². The lowest BCUT2D eigenvalue weighted by Crippen LogP contribution is -2.47. The van der Waals surface area contributed by atoms with Gasteiger partial charge in [0.25, 0.3) is 5.91 Å². The van der Waals surface area contributed by atoms with Gasteiger partial charge >= 0.3 is 0 Å². The molecule has 0 saturated heterocycles. The lowest BCUT2D eigenvalue weighted by atomic mass is 9.52. The second-order valence-corrected chi connectivity index (χ2v) is 13.2. The molecular weight excluding hydrogens is 526 g/mol. The maximum absolute atomic E-state index is 14.0. The summed E-state index contributed by atoms with van der Waals surface area (Å²) >= 11 is 1.43. The van der Waals surface area contributed by atoms with Crippen molar-refractivity contribution in [2.45, 2.75) is 63.8 Å². The lowest BCUT2D eigenvalue weighted by Gasteiger charge is -2.50. The number of rotatable bonds is 5. The van der Waals surface area contributed by atoms with Gasteiger partial charge in [0, 0.05) is 34.4 Å². The first-order chi connectivity index (χ1) is 19.9. The molecular formula is C35H35N3O2S. The molecule has 1 fully saturated rings. The molecule has 208 valence electrons. The summed E-state index contributed by atoms with van der Waals surface area (Å²) in [5, 5.41) is 8.93. The predicted molar refractivity (Wildman–Crippen MR) is 164 cm³/mol. The van der Waals surface area contributed by atoms with Crippen molar-refractivity contribution < 1.29 is 9.59 Å². The van der Waals surface area contributed by atoms with Crippen LogP contribution in [0.2, 0.25) is 0 Å². The van der Waals surface area contributed by atoms with E-state index < -0.39 is 5.41 Å². The van der Waals surface area contributed by atoms with Crippen molar-refractivity contribution in [3.05, 3.63) is 106 Å². The van der Waals surface area contributed by atoms with Gasteiger partial charge in [-0.1, -0.05) is 67.6 Å². The van der Waals surface area contributed by atoms with Gasteiger partial charge in [-0.3, -0.25) is 9.59 Å². The summed E-state index contributed by atoms with van der Waals surface area (Å²) in [6.45, 7) is 4.39. The quantitative estimate of drug-likeness (QED) is 0.262. The van der Waals surface area contributed by atoms with Crippen LogP contribution in [0.3, 0.4) is 0 Å². The number of fused-ring (bicyclic) bond motifs is 1. The third-order valence-corrected chi connectivity index (χ3v) is 10.4. The Balaban J connectivity index is 1.10. The minimum Gasteiger partial charge on any atom is -0.349 e. The van der Waals surface area contributed by atoms with Crippen molar-refractivity contribution in [2.24, 2.45) is 11.3 Å². The second-order valence-electron chi connectivity index (χ2n) is 12.4. The van der Waals surface area contributed by atoms with Crippen LogP contribution in [0.5, 0.6) is 0 Å². The minimum absolute atomic E-state index is 0.00176. The molecule has 4 aromatic rings. The fourth-order valence-corrected chi connectivity index (χ4v) is 8.10. The van der Waals surface area contributed by atoms with Crippen molar-refractivity contribution in [2.75, 3.05) is 5.32 Å². The number of nitrogens with one attached hydrogen (secondary N) is 2. The van der Waals surface area contributed by atoms with E-state index in [2.05, 4.69) is 73.0 Å². The summed E-state index contributed by atoms with van der Waals surface area (Å²) in [6, 6.07) is 25.1. The number of aromatic nitrogens is 1. The summed E-state index contributed by atoms with van der Waals surface area (Å²) < 4.78 is 0. The highest BCUT2D eigenvalue weighted by atomic mass is 32.1. The third kappa shape index (κ3) is 4.58. The molecule has 4 aliphatic carbocycles. The number of hydrogen-bond acceptors (Lipinski definition) is 4. The molecule has 8 rings (SSSR count). The Morgan fingerprint density at radius 2 is 1.54 bits per heavy atom. The van der Waals surface area contributed by atoms with Crippen LogP contribution in [0.25, 0.3) is 11.3 Å². The minimum atomic E-state index is -0.589. The zero-order valence-electron chi connectivity index (χ0n) is 23.5. The molecule has 2 bridgehead atoms. The fourth-order valence-electron chi connectivity index (χ4n) is 7.39. The highest BCUT2D eigenvalue weighted by Crippen LogP contribution is 2.61. The van der Waals surface area contributed by atoms with Gasteiger partial charge in [-0.15, -0.1) is 11.3 Å². The molecule has 0 spiro atoms. The van der Waals surface area contributed by atoms with Crippen LogP contribution < -0.4 is 10.6 Å². The number of thiazole rings is 1. The first-order valence-electron chi connectivity index (χ1n) is 14.8. The number of hydrogen-bond donors (Lipinski definition) is 2. The average molecular weight is 562 g/mol. The zero-order chi connectivity index (χ0) is 28.1. The van der Waals surface area contributed by atoms with E-state index in [0.717, 1.165) is 49.3 Å². The van der Waals surface area contributed by atoms with Gasteiger partial charge in [0.2, 0.25) is 5.91 Å². The van der Waals surface area contributed by atoms with Crippen LogP contribution in [0.4, 0.5) is 5.13 Å². The maximum atomic E-state index is 14.0. The topological polar surface area (TPSA) is 71.1 Å². The van der Waals surface area contributed by atoms with E-state index in [1.807, 2.05) is 29.6 Å². The molecule has 41 heavy (non-hydrogen) atoms.